The Morgan fingerprint density at radius 3 is 2.75 bits per heavy atom. The van der Waals surface area contributed by atoms with Crippen molar-refractivity contribution in [2.45, 2.75) is 24.9 Å². The molecule has 3 unspecified atom stereocenters. The molecule has 3 rings (SSSR count). The van der Waals surface area contributed by atoms with Gasteiger partial charge in [0.25, 0.3) is 6.01 Å². The van der Waals surface area contributed by atoms with Gasteiger partial charge in [-0.05, 0) is 4.57 Å². The predicted molar refractivity (Wildman–Crippen MR) is 90.4 cm³/mol. The molecule has 1 aliphatic heterocycles. The number of aliphatic hydroxyl groups is 1. The number of hydrogen-bond acceptors (Lipinski definition) is 11. The fourth-order valence-electron chi connectivity index (χ4n) is 2.47. The lowest BCUT2D eigenvalue weighted by molar-refractivity contribution is -0.0389. The Morgan fingerprint density at radius 1 is 1.43 bits per heavy atom. The van der Waals surface area contributed by atoms with Crippen LogP contribution in [0.25, 0.3) is 11.2 Å². The number of nitrogens with two attached hydrogens (primary N) is 1. The molecule has 0 saturated carbocycles. The molecule has 1 fully saturated rings. The zero-order chi connectivity index (χ0) is 20.9. The number of nitrogen functional groups attached to an aromatic ring is 1. The van der Waals surface area contributed by atoms with Crippen LogP contribution < -0.4 is 11.4 Å². The lowest BCUT2D eigenvalue weighted by Crippen LogP contribution is -2.25. The normalized spacial score (nSPS) is 27.4. The van der Waals surface area contributed by atoms with Crippen LogP contribution in [0.2, 0.25) is 0 Å². The van der Waals surface area contributed by atoms with Gasteiger partial charge < -0.3 is 24.9 Å². The smallest absolute Gasteiger partial charge is 0.390 e. The molecule has 0 aromatic carbocycles. The lowest BCUT2D eigenvalue weighted by Gasteiger charge is -2.17. The molecule has 2 aromatic rings. The number of hydrogen-bond donors (Lipinski definition) is 5. The van der Waals surface area contributed by atoms with Gasteiger partial charge in [-0.2, -0.15) is 9.88 Å². The van der Waals surface area contributed by atoms with E-state index in [2.05, 4.69) is 18.9 Å². The minimum Gasteiger partial charge on any atom is -0.390 e. The molecule has 0 radical (unpaired) electrons. The van der Waals surface area contributed by atoms with Gasteiger partial charge in [-0.1, -0.05) is 0 Å². The highest BCUT2D eigenvalue weighted by molar-refractivity contribution is 8.57. The quantitative estimate of drug-likeness (QED) is 0.347. The Labute approximate surface area is 155 Å². The summed E-state index contributed by atoms with van der Waals surface area (Å²) in [7, 11) is -9.26. The molecule has 0 bridgehead atoms. The number of nitrogens with zero attached hydrogens (tertiary/aromatic N) is 3. The third-order valence-corrected chi connectivity index (χ3v) is 12.5. The molecule has 1 saturated heterocycles. The first-order valence-electron chi connectivity index (χ1n) is 7.38. The van der Waals surface area contributed by atoms with Gasteiger partial charge in [0, 0.05) is 6.42 Å². The minimum absolute atomic E-state index is 0.0116. The maximum atomic E-state index is 11.8. The molecule has 154 valence electrons. The number of rotatable bonds is 6. The van der Waals surface area contributed by atoms with Crippen molar-refractivity contribution >= 4 is 38.9 Å². The van der Waals surface area contributed by atoms with Crippen LogP contribution in [0.15, 0.2) is 15.5 Å². The van der Waals surface area contributed by atoms with Crippen molar-refractivity contribution < 1.29 is 47.2 Å². The first kappa shape index (κ1) is 21.2. The molecule has 3 heterocycles. The van der Waals surface area contributed by atoms with Gasteiger partial charge in [0.15, 0.2) is 11.2 Å². The topological polar surface area (TPSA) is 238 Å². The van der Waals surface area contributed by atoms with Crippen LogP contribution in [0, 0.1) is 0 Å². The fraction of sp³-hybridized carbons (Fsp3) is 0.500. The monoisotopic (exact) mass is 459 g/mol. The predicted octanol–water partition coefficient (Wildman–Crippen LogP) is -0.348. The van der Waals surface area contributed by atoms with Crippen LogP contribution in [0.3, 0.4) is 0 Å². The van der Waals surface area contributed by atoms with E-state index < -0.39 is 58.4 Å². The van der Waals surface area contributed by atoms with E-state index in [4.69, 9.17) is 15.4 Å². The first-order valence-corrected chi connectivity index (χ1v) is 13.2. The molecular formula is C10H14N4O11P3+. The van der Waals surface area contributed by atoms with Gasteiger partial charge in [-0.3, -0.25) is 14.0 Å². The highest BCUT2D eigenvalue weighted by Crippen LogP contribution is 2.88. The second kappa shape index (κ2) is 7.38. The van der Waals surface area contributed by atoms with Crippen LogP contribution in [0.1, 0.15) is 12.6 Å². The van der Waals surface area contributed by atoms with Crippen molar-refractivity contribution in [3.8, 4) is 0 Å². The van der Waals surface area contributed by atoms with Crippen molar-refractivity contribution in [2.24, 2.45) is 0 Å². The number of aromatic nitrogens is 3. The molecule has 6 N–H and O–H groups in total. The summed E-state index contributed by atoms with van der Waals surface area (Å²) >= 11 is 0. The second-order valence-electron chi connectivity index (χ2n) is 5.65. The summed E-state index contributed by atoms with van der Waals surface area (Å²) in [5.41, 5.74) is 4.42. The Balaban J connectivity index is 1.77. The Hall–Kier alpha value is -1.53. The molecule has 0 spiro atoms. The third-order valence-electron chi connectivity index (χ3n) is 3.85. The Morgan fingerprint density at radius 2 is 2.11 bits per heavy atom. The Bertz CT molecular complexity index is 1080. The van der Waals surface area contributed by atoms with Crippen LogP contribution in [0.5, 0.6) is 0 Å². The number of fused-ring (bicyclic) bond motifs is 1. The molecule has 0 amide bonds. The van der Waals surface area contributed by atoms with Crippen LogP contribution >= 0.6 is 21.7 Å². The number of aliphatic hydroxyl groups excluding tert-OH is 1. The second-order valence-corrected chi connectivity index (χ2v) is 15.2. The van der Waals surface area contributed by atoms with Crippen molar-refractivity contribution in [1.82, 2.24) is 14.5 Å². The van der Waals surface area contributed by atoms with E-state index in [0.717, 1.165) is 0 Å². The summed E-state index contributed by atoms with van der Waals surface area (Å²) in [4.78, 5) is 46.8. The van der Waals surface area contributed by atoms with E-state index >= 15 is 0 Å². The van der Waals surface area contributed by atoms with Crippen molar-refractivity contribution in [3.05, 3.63) is 16.7 Å². The van der Waals surface area contributed by atoms with Crippen molar-refractivity contribution in [2.75, 3.05) is 12.3 Å². The molecular weight excluding hydrogens is 445 g/mol. The van der Waals surface area contributed by atoms with Gasteiger partial charge in [0.2, 0.25) is 0 Å². The van der Waals surface area contributed by atoms with E-state index in [1.54, 1.807) is 0 Å². The van der Waals surface area contributed by atoms with Gasteiger partial charge in [-0.15, -0.1) is 0 Å². The summed E-state index contributed by atoms with van der Waals surface area (Å²) in [5, 5.41) is 10.1. The highest BCUT2D eigenvalue weighted by Gasteiger charge is 2.61. The maximum Gasteiger partial charge on any atom is 0.600 e. The van der Waals surface area contributed by atoms with E-state index in [9.17, 15) is 33.4 Å². The number of imidazole rings is 1. The molecule has 15 nitrogen and oxygen atoms in total. The average molecular weight is 459 g/mol. The van der Waals surface area contributed by atoms with Crippen LogP contribution in [-0.4, -0.2) is 53.1 Å². The summed E-state index contributed by atoms with van der Waals surface area (Å²) in [5.74, 6) is 0. The van der Waals surface area contributed by atoms with E-state index in [1.165, 1.54) is 10.9 Å². The van der Waals surface area contributed by atoms with Crippen LogP contribution in [0.4, 0.5) is 6.01 Å². The molecule has 0 aliphatic carbocycles. The first-order chi connectivity index (χ1) is 12.9. The standard InChI is InChI=1S/C10H13N4O11P3/c11-10-13-8-7(9(16)25-10)12-3-14(8)6-1-4(15)5(24-6)2-23-27(19,20)28(21,22)26(17)18/h3-6,15H,1-2H2,(H4-,11,13,16,17,18,19,20,21,22)/p+1/t4-,5+,6+/m0/s1. The highest BCUT2D eigenvalue weighted by atomic mass is 32.5. The minimum atomic E-state index is -5.42. The molecule has 1 aliphatic rings. The summed E-state index contributed by atoms with van der Waals surface area (Å²) in [6.07, 6.45) is -2.32. The van der Waals surface area contributed by atoms with Gasteiger partial charge in [0.1, 0.15) is 12.3 Å². The third kappa shape index (κ3) is 3.69. The maximum absolute atomic E-state index is 11.8. The van der Waals surface area contributed by atoms with Gasteiger partial charge >= 0.3 is 27.4 Å². The molecule has 28 heavy (non-hydrogen) atoms. The Kier molecular flexibility index (Phi) is 5.58. The largest absolute Gasteiger partial charge is 0.600 e. The van der Waals surface area contributed by atoms with Gasteiger partial charge in [0.05, 0.1) is 19.0 Å². The fourth-order valence-corrected chi connectivity index (χ4v) is 6.59. The number of anilines is 1. The number of ether oxygens (including phenoxy) is 1. The zero-order valence-electron chi connectivity index (χ0n) is 13.6. The van der Waals surface area contributed by atoms with Crippen LogP contribution in [-0.2, 0) is 23.0 Å². The van der Waals surface area contributed by atoms with Crippen molar-refractivity contribution in [1.29, 1.82) is 0 Å². The van der Waals surface area contributed by atoms with E-state index in [0.29, 0.717) is 0 Å². The molecule has 2 aromatic heterocycles. The average Bonchev–Trinajstić information content (AvgIpc) is 3.16. The SMILES string of the molecule is Nc1nc2c(ncn2[C@H]2C[C@H](O)[C@@H](COP(=O)(O)P(=O)(O)[P+](=O)O)O2)c(=O)o1. The zero-order valence-corrected chi connectivity index (χ0v) is 16.3. The lowest BCUT2D eigenvalue weighted by atomic mass is 10.2. The summed E-state index contributed by atoms with van der Waals surface area (Å²) in [6.45, 7) is -6.25. The van der Waals surface area contributed by atoms with Gasteiger partial charge in [-0.25, -0.2) is 18.9 Å². The summed E-state index contributed by atoms with van der Waals surface area (Å²) < 4.78 is 49.8. The molecule has 18 heteroatoms. The van der Waals surface area contributed by atoms with E-state index in [1.807, 2.05) is 0 Å². The molecule has 6 atom stereocenters. The van der Waals surface area contributed by atoms with Crippen molar-refractivity contribution in [3.63, 3.8) is 0 Å². The summed E-state index contributed by atoms with van der Waals surface area (Å²) in [6, 6.07) is -0.421. The van der Waals surface area contributed by atoms with E-state index in [-0.39, 0.29) is 17.6 Å².